The molecule has 0 atom stereocenters. The second kappa shape index (κ2) is 2.74. The Morgan fingerprint density at radius 1 is 1.08 bits per heavy atom. The summed E-state index contributed by atoms with van der Waals surface area (Å²) in [5.74, 6) is 0. The highest BCUT2D eigenvalue weighted by Gasteiger charge is 2.07. The first-order valence-electron chi connectivity index (χ1n) is 4.66. The summed E-state index contributed by atoms with van der Waals surface area (Å²) in [6, 6.07) is 4.38. The van der Waals surface area contributed by atoms with E-state index >= 15 is 0 Å². The van der Waals surface area contributed by atoms with Crippen LogP contribution in [0.15, 0.2) is 12.1 Å². The zero-order chi connectivity index (χ0) is 9.59. The molecule has 13 heavy (non-hydrogen) atoms. The van der Waals surface area contributed by atoms with Crippen LogP contribution >= 0.6 is 0 Å². The van der Waals surface area contributed by atoms with Gasteiger partial charge in [-0.15, -0.1) is 0 Å². The summed E-state index contributed by atoms with van der Waals surface area (Å²) in [7, 11) is 1.10. The normalized spacial score (nSPS) is 11.3. The van der Waals surface area contributed by atoms with Crippen molar-refractivity contribution in [1.82, 2.24) is 4.98 Å². The molecule has 1 aromatic carbocycles. The minimum absolute atomic E-state index is 1.10. The van der Waals surface area contributed by atoms with E-state index in [1.165, 1.54) is 32.9 Å². The summed E-state index contributed by atoms with van der Waals surface area (Å²) < 4.78 is 0. The van der Waals surface area contributed by atoms with Crippen LogP contribution in [-0.4, -0.2) is 15.2 Å². The van der Waals surface area contributed by atoms with Gasteiger partial charge in [0.15, 0.2) is 0 Å². The van der Waals surface area contributed by atoms with Crippen LogP contribution < -0.4 is 5.32 Å². The molecule has 0 aliphatic heterocycles. The van der Waals surface area contributed by atoms with E-state index in [1.807, 2.05) is 0 Å². The van der Waals surface area contributed by atoms with Gasteiger partial charge in [-0.05, 0) is 48.8 Å². The average Bonchev–Trinajstić information content (AvgIpc) is 2.37. The molecular formula is C11H15NSi. The van der Waals surface area contributed by atoms with E-state index in [9.17, 15) is 0 Å². The topological polar surface area (TPSA) is 15.8 Å². The number of fused-ring (bicyclic) bond motifs is 1. The fourth-order valence-corrected chi connectivity index (χ4v) is 2.41. The lowest BCUT2D eigenvalue weighted by molar-refractivity contribution is 1.37. The Bertz CT molecular complexity index is 468. The van der Waals surface area contributed by atoms with Crippen molar-refractivity contribution in [2.45, 2.75) is 20.8 Å². The van der Waals surface area contributed by atoms with Crippen molar-refractivity contribution in [1.29, 1.82) is 0 Å². The molecule has 0 unspecified atom stereocenters. The number of aromatic amines is 1. The maximum atomic E-state index is 3.46. The van der Waals surface area contributed by atoms with Crippen LogP contribution in [0.2, 0.25) is 0 Å². The monoisotopic (exact) mass is 189 g/mol. The summed E-state index contributed by atoms with van der Waals surface area (Å²) in [5.41, 5.74) is 5.55. The molecule has 0 aliphatic rings. The fraction of sp³-hybridized carbons (Fsp3) is 0.273. The zero-order valence-corrected chi connectivity index (χ0v) is 10.7. The second-order valence-electron chi connectivity index (χ2n) is 3.81. The summed E-state index contributed by atoms with van der Waals surface area (Å²) in [6.45, 7) is 6.60. The van der Waals surface area contributed by atoms with Crippen LogP contribution in [0, 0.1) is 20.8 Å². The summed E-state index contributed by atoms with van der Waals surface area (Å²) in [4.78, 5) is 3.46. The highest BCUT2D eigenvalue weighted by molar-refractivity contribution is 6.33. The number of hydrogen-bond donors (Lipinski definition) is 1. The van der Waals surface area contributed by atoms with E-state index < -0.39 is 0 Å². The first-order valence-corrected chi connectivity index (χ1v) is 5.66. The number of H-pyrrole nitrogens is 1. The Kier molecular flexibility index (Phi) is 1.80. The van der Waals surface area contributed by atoms with Gasteiger partial charge in [-0.3, -0.25) is 0 Å². The number of nitrogens with one attached hydrogen (secondary N) is 1. The van der Waals surface area contributed by atoms with E-state index in [2.05, 4.69) is 37.9 Å². The van der Waals surface area contributed by atoms with Gasteiger partial charge in [0, 0.05) is 10.9 Å². The van der Waals surface area contributed by atoms with Crippen LogP contribution in [0.25, 0.3) is 10.9 Å². The SMILES string of the molecule is Cc1ccc2[nH]c([SiH3])c(C)c2c1C. The molecule has 0 fully saturated rings. The molecular weight excluding hydrogens is 174 g/mol. The number of rotatable bonds is 0. The standard InChI is InChI=1S/C11H15NSi/c1-6-4-5-9-10(7(6)2)8(3)11(13)12-9/h4-5,12H,1-3,13H3. The largest absolute Gasteiger partial charge is 0.363 e. The maximum Gasteiger partial charge on any atom is 0.0596 e. The maximum absolute atomic E-state index is 3.46. The number of aromatic nitrogens is 1. The molecule has 2 heteroatoms. The predicted molar refractivity (Wildman–Crippen MR) is 62.1 cm³/mol. The molecule has 0 bridgehead atoms. The molecule has 0 aliphatic carbocycles. The molecule has 0 saturated heterocycles. The molecule has 1 aromatic heterocycles. The first kappa shape index (κ1) is 8.57. The van der Waals surface area contributed by atoms with Crippen molar-refractivity contribution in [3.63, 3.8) is 0 Å². The lowest BCUT2D eigenvalue weighted by atomic mass is 10.0. The second-order valence-corrected chi connectivity index (χ2v) is 4.81. The van der Waals surface area contributed by atoms with E-state index in [4.69, 9.17) is 0 Å². The van der Waals surface area contributed by atoms with Gasteiger partial charge < -0.3 is 4.98 Å². The number of aryl methyl sites for hydroxylation is 3. The zero-order valence-electron chi connectivity index (χ0n) is 8.65. The minimum Gasteiger partial charge on any atom is -0.363 e. The summed E-state index contributed by atoms with van der Waals surface area (Å²) in [5, 5.41) is 2.86. The molecule has 0 radical (unpaired) electrons. The first-order chi connectivity index (χ1) is 6.11. The van der Waals surface area contributed by atoms with Crippen molar-refractivity contribution in [3.05, 3.63) is 28.8 Å². The van der Waals surface area contributed by atoms with Crippen molar-refractivity contribution >= 4 is 26.5 Å². The van der Waals surface area contributed by atoms with Crippen molar-refractivity contribution in [2.24, 2.45) is 0 Å². The molecule has 0 saturated carbocycles. The van der Waals surface area contributed by atoms with E-state index in [0.717, 1.165) is 10.2 Å². The third-order valence-electron chi connectivity index (χ3n) is 3.00. The van der Waals surface area contributed by atoms with Gasteiger partial charge in [-0.1, -0.05) is 6.07 Å². The Balaban J connectivity index is 2.97. The molecule has 2 aromatic rings. The van der Waals surface area contributed by atoms with Crippen LogP contribution in [0.1, 0.15) is 16.7 Å². The molecule has 0 spiro atoms. The van der Waals surface area contributed by atoms with Crippen LogP contribution in [-0.2, 0) is 0 Å². The molecule has 1 N–H and O–H groups in total. The highest BCUT2D eigenvalue weighted by Crippen LogP contribution is 2.22. The predicted octanol–water partition coefficient (Wildman–Crippen LogP) is 1.08. The lowest BCUT2D eigenvalue weighted by Gasteiger charge is -2.01. The quantitative estimate of drug-likeness (QED) is 0.597. The van der Waals surface area contributed by atoms with Crippen molar-refractivity contribution in [3.8, 4) is 0 Å². The van der Waals surface area contributed by atoms with E-state index in [-0.39, 0.29) is 0 Å². The van der Waals surface area contributed by atoms with Gasteiger partial charge in [-0.2, -0.15) is 0 Å². The molecule has 1 heterocycles. The summed E-state index contributed by atoms with van der Waals surface area (Å²) >= 11 is 0. The molecule has 1 nitrogen and oxygen atoms in total. The Hall–Kier alpha value is -1.02. The van der Waals surface area contributed by atoms with Gasteiger partial charge >= 0.3 is 0 Å². The van der Waals surface area contributed by atoms with Crippen LogP contribution in [0.5, 0.6) is 0 Å². The van der Waals surface area contributed by atoms with Crippen molar-refractivity contribution < 1.29 is 0 Å². The Morgan fingerprint density at radius 3 is 2.46 bits per heavy atom. The van der Waals surface area contributed by atoms with E-state index in [1.54, 1.807) is 0 Å². The average molecular weight is 189 g/mol. The van der Waals surface area contributed by atoms with Crippen LogP contribution in [0.3, 0.4) is 0 Å². The van der Waals surface area contributed by atoms with Crippen LogP contribution in [0.4, 0.5) is 0 Å². The number of hydrogen-bond acceptors (Lipinski definition) is 0. The molecule has 0 amide bonds. The van der Waals surface area contributed by atoms with E-state index in [0.29, 0.717) is 0 Å². The van der Waals surface area contributed by atoms with Gasteiger partial charge in [0.1, 0.15) is 0 Å². The Morgan fingerprint density at radius 2 is 1.77 bits per heavy atom. The molecule has 2 rings (SSSR count). The number of benzene rings is 1. The fourth-order valence-electron chi connectivity index (χ4n) is 1.89. The smallest absolute Gasteiger partial charge is 0.0596 e. The highest BCUT2D eigenvalue weighted by atomic mass is 28.1. The third kappa shape index (κ3) is 1.13. The Labute approximate surface area is 81.6 Å². The van der Waals surface area contributed by atoms with Gasteiger partial charge in [0.05, 0.1) is 10.2 Å². The van der Waals surface area contributed by atoms with Crippen molar-refractivity contribution in [2.75, 3.05) is 0 Å². The lowest BCUT2D eigenvalue weighted by Crippen LogP contribution is -2.05. The van der Waals surface area contributed by atoms with Gasteiger partial charge in [0.25, 0.3) is 0 Å². The van der Waals surface area contributed by atoms with Gasteiger partial charge in [-0.25, -0.2) is 0 Å². The minimum atomic E-state index is 1.10. The molecule has 68 valence electrons. The van der Waals surface area contributed by atoms with Gasteiger partial charge in [0.2, 0.25) is 0 Å². The summed E-state index contributed by atoms with van der Waals surface area (Å²) in [6.07, 6.45) is 0. The third-order valence-corrected chi connectivity index (χ3v) is 4.00.